The third-order valence-electron chi connectivity index (χ3n) is 1.92. The number of nitrogens with one attached hydrogen (secondary N) is 1. The van der Waals surface area contributed by atoms with Gasteiger partial charge in [0.05, 0.1) is 0 Å². The van der Waals surface area contributed by atoms with Crippen LogP contribution in [0, 0.1) is 0 Å². The standard InChI is InChI=1S/C10H8INO/c11-6-7-1-2-9-8(5-7)3-4-12-10(9)13/h1-6,12-13H/p-1/b7-6+. The van der Waals surface area contributed by atoms with Crippen LogP contribution in [-0.4, -0.2) is 0 Å². The van der Waals surface area contributed by atoms with E-state index >= 15 is 0 Å². The summed E-state index contributed by atoms with van der Waals surface area (Å²) in [5, 5.41) is 15.8. The van der Waals surface area contributed by atoms with Gasteiger partial charge >= 0.3 is 0 Å². The molecule has 0 fully saturated rings. The predicted molar refractivity (Wildman–Crippen MR) is 59.8 cm³/mol. The van der Waals surface area contributed by atoms with Crippen molar-refractivity contribution in [2.75, 3.05) is 0 Å². The maximum atomic E-state index is 11.3. The quantitative estimate of drug-likeness (QED) is 0.673. The van der Waals surface area contributed by atoms with Gasteiger partial charge in [-0.2, -0.15) is 0 Å². The Morgan fingerprint density at radius 3 is 3.00 bits per heavy atom. The molecule has 13 heavy (non-hydrogen) atoms. The third-order valence-corrected chi connectivity index (χ3v) is 2.64. The fraction of sp³-hybridized carbons (Fsp3) is 0. The van der Waals surface area contributed by atoms with Crippen LogP contribution in [0.5, 0.6) is 0 Å². The van der Waals surface area contributed by atoms with E-state index in [4.69, 9.17) is 0 Å². The normalized spacial score (nSPS) is 15.5. The zero-order valence-corrected chi connectivity index (χ0v) is 8.91. The van der Waals surface area contributed by atoms with Crippen molar-refractivity contribution in [1.82, 2.24) is 5.32 Å². The molecule has 0 radical (unpaired) electrons. The number of hydrogen-bond donors (Lipinski definition) is 1. The molecule has 1 aliphatic rings. The Balaban J connectivity index is 2.79. The summed E-state index contributed by atoms with van der Waals surface area (Å²) >= 11 is 2.18. The molecule has 1 aliphatic heterocycles. The lowest BCUT2D eigenvalue weighted by atomic mass is 10.1. The first-order chi connectivity index (χ1) is 6.31. The second kappa shape index (κ2) is 3.41. The highest BCUT2D eigenvalue weighted by molar-refractivity contribution is 14.1. The Morgan fingerprint density at radius 2 is 2.23 bits per heavy atom. The van der Waals surface area contributed by atoms with Crippen LogP contribution in [0.2, 0.25) is 0 Å². The van der Waals surface area contributed by atoms with Crippen LogP contribution in [0.15, 0.2) is 24.4 Å². The summed E-state index contributed by atoms with van der Waals surface area (Å²) < 4.78 is 1.98. The topological polar surface area (TPSA) is 35.1 Å². The fourth-order valence-electron chi connectivity index (χ4n) is 1.28. The van der Waals surface area contributed by atoms with Crippen LogP contribution in [0.25, 0.3) is 16.0 Å². The first kappa shape index (κ1) is 8.62. The molecule has 1 heterocycles. The highest BCUT2D eigenvalue weighted by Crippen LogP contribution is 1.96. The van der Waals surface area contributed by atoms with Crippen LogP contribution < -0.4 is 20.9 Å². The van der Waals surface area contributed by atoms with Gasteiger partial charge in [-0.05, 0) is 38.1 Å². The molecule has 2 nitrogen and oxygen atoms in total. The maximum absolute atomic E-state index is 11.3. The fourth-order valence-corrected chi connectivity index (χ4v) is 1.67. The molecular weight excluding hydrogens is 277 g/mol. The van der Waals surface area contributed by atoms with E-state index in [1.165, 1.54) is 0 Å². The second-order valence-corrected chi connectivity index (χ2v) is 3.39. The van der Waals surface area contributed by atoms with E-state index < -0.39 is 0 Å². The summed E-state index contributed by atoms with van der Waals surface area (Å²) in [6.07, 6.45) is 3.57. The Kier molecular flexibility index (Phi) is 2.26. The van der Waals surface area contributed by atoms with Gasteiger partial charge in [-0.1, -0.05) is 34.7 Å². The molecule has 3 heteroatoms. The Labute approximate surface area is 89.4 Å². The monoisotopic (exact) mass is 284 g/mol. The van der Waals surface area contributed by atoms with Crippen LogP contribution in [0.4, 0.5) is 0 Å². The number of halogens is 1. The molecule has 0 spiro atoms. The highest BCUT2D eigenvalue weighted by Gasteiger charge is 1.95. The van der Waals surface area contributed by atoms with Crippen molar-refractivity contribution in [3.8, 4) is 0 Å². The van der Waals surface area contributed by atoms with E-state index in [1.807, 2.05) is 28.4 Å². The van der Waals surface area contributed by atoms with E-state index in [0.717, 1.165) is 16.0 Å². The van der Waals surface area contributed by atoms with Crippen molar-refractivity contribution < 1.29 is 5.11 Å². The molecule has 0 aliphatic carbocycles. The lowest BCUT2D eigenvalue weighted by Gasteiger charge is -2.16. The summed E-state index contributed by atoms with van der Waals surface area (Å²) in [7, 11) is 0. The molecule has 0 saturated carbocycles. The number of benzene rings is 1. The van der Waals surface area contributed by atoms with E-state index in [9.17, 15) is 5.11 Å². The van der Waals surface area contributed by atoms with Gasteiger partial charge in [-0.3, -0.25) is 0 Å². The van der Waals surface area contributed by atoms with E-state index in [-0.39, 0.29) is 5.88 Å². The van der Waals surface area contributed by atoms with Crippen molar-refractivity contribution in [1.29, 1.82) is 0 Å². The smallest absolute Gasteiger partial charge is 0.000531 e. The lowest BCUT2D eigenvalue weighted by Crippen LogP contribution is -2.31. The largest absolute Gasteiger partial charge is 0.860 e. The molecule has 0 aromatic heterocycles. The Morgan fingerprint density at radius 1 is 1.38 bits per heavy atom. The van der Waals surface area contributed by atoms with Gasteiger partial charge in [0.25, 0.3) is 0 Å². The molecule has 1 N–H and O–H groups in total. The van der Waals surface area contributed by atoms with Crippen LogP contribution >= 0.6 is 22.6 Å². The minimum atomic E-state index is -0.0301. The van der Waals surface area contributed by atoms with Crippen molar-refractivity contribution in [3.63, 3.8) is 0 Å². The van der Waals surface area contributed by atoms with Crippen molar-refractivity contribution in [2.24, 2.45) is 0 Å². The molecule has 2 rings (SSSR count). The van der Waals surface area contributed by atoms with Gasteiger partial charge < -0.3 is 10.4 Å². The van der Waals surface area contributed by atoms with Gasteiger partial charge in [0.15, 0.2) is 0 Å². The summed E-state index contributed by atoms with van der Waals surface area (Å²) in [4.78, 5) is 0. The number of fused-ring (bicyclic) bond motifs is 1. The summed E-state index contributed by atoms with van der Waals surface area (Å²) in [5.41, 5.74) is 0.981. The molecule has 0 unspecified atom stereocenters. The zero-order valence-electron chi connectivity index (χ0n) is 6.75. The number of hydrogen-bond acceptors (Lipinski definition) is 2. The van der Waals surface area contributed by atoms with Gasteiger partial charge in [0, 0.05) is 6.20 Å². The predicted octanol–water partition coefficient (Wildman–Crippen LogP) is -0.141. The zero-order chi connectivity index (χ0) is 9.26. The summed E-state index contributed by atoms with van der Waals surface area (Å²) in [6.45, 7) is 0. The Hall–Kier alpha value is -0.970. The van der Waals surface area contributed by atoms with Crippen molar-refractivity contribution in [3.05, 3.63) is 40.4 Å². The van der Waals surface area contributed by atoms with Crippen molar-refractivity contribution >= 4 is 38.6 Å². The first-order valence-corrected chi connectivity index (χ1v) is 5.11. The van der Waals surface area contributed by atoms with Crippen LogP contribution in [0.1, 0.15) is 5.56 Å². The minimum absolute atomic E-state index is 0.0301. The maximum Gasteiger partial charge on any atom is 0.000531 e. The molecule has 0 atom stereocenters. The molecule has 0 amide bonds. The molecule has 0 bridgehead atoms. The summed E-state index contributed by atoms with van der Waals surface area (Å²) in [5.74, 6) is -0.0301. The Bertz CT molecular complexity index is 476. The van der Waals surface area contributed by atoms with Crippen molar-refractivity contribution in [2.45, 2.75) is 0 Å². The highest BCUT2D eigenvalue weighted by atomic mass is 127. The third kappa shape index (κ3) is 1.56. The molecule has 0 saturated heterocycles. The average Bonchev–Trinajstić information content (AvgIpc) is 2.18. The van der Waals surface area contributed by atoms with E-state index in [2.05, 4.69) is 27.9 Å². The molecule has 1 aromatic carbocycles. The average molecular weight is 284 g/mol. The first-order valence-electron chi connectivity index (χ1n) is 3.86. The minimum Gasteiger partial charge on any atom is -0.860 e. The van der Waals surface area contributed by atoms with Gasteiger partial charge in [-0.15, -0.1) is 0 Å². The van der Waals surface area contributed by atoms with E-state index in [1.54, 1.807) is 6.20 Å². The second-order valence-electron chi connectivity index (χ2n) is 2.76. The number of rotatable bonds is 0. The van der Waals surface area contributed by atoms with E-state index in [0.29, 0.717) is 0 Å². The van der Waals surface area contributed by atoms with Crippen LogP contribution in [0.3, 0.4) is 0 Å². The summed E-state index contributed by atoms with van der Waals surface area (Å²) in [6, 6.07) is 5.78. The van der Waals surface area contributed by atoms with Crippen LogP contribution in [-0.2, 0) is 0 Å². The van der Waals surface area contributed by atoms with Gasteiger partial charge in [0.1, 0.15) is 0 Å². The molecule has 1 aromatic rings. The van der Waals surface area contributed by atoms with Gasteiger partial charge in [0.2, 0.25) is 0 Å². The lowest BCUT2D eigenvalue weighted by molar-refractivity contribution is -0.254. The molecular formula is C10H7INO-. The molecule has 66 valence electrons. The SMILES string of the molecule is [O-]C1=c2cc/c(=C\I)cc2C=CN1. The van der Waals surface area contributed by atoms with Gasteiger partial charge in [-0.25, -0.2) is 0 Å².